The van der Waals surface area contributed by atoms with Crippen LogP contribution in [0.2, 0.25) is 10.0 Å². The van der Waals surface area contributed by atoms with Crippen LogP contribution in [0.4, 0.5) is 0 Å². The fraction of sp³-hybridized carbons (Fsp3) is 0.500. The Morgan fingerprint density at radius 2 is 2.00 bits per heavy atom. The molecule has 0 heterocycles. The second-order valence-corrected chi connectivity index (χ2v) is 7.02. The van der Waals surface area contributed by atoms with Gasteiger partial charge in [0.15, 0.2) is 5.78 Å². The molecule has 1 aromatic rings. The van der Waals surface area contributed by atoms with Crippen LogP contribution in [0.3, 0.4) is 0 Å². The molecule has 0 amide bonds. The fourth-order valence-electron chi connectivity index (χ4n) is 3.03. The van der Waals surface area contributed by atoms with E-state index in [0.29, 0.717) is 22.9 Å². The molecule has 0 aromatic heterocycles. The first-order chi connectivity index (χ1) is 9.31. The van der Waals surface area contributed by atoms with E-state index in [1.165, 1.54) is 0 Å². The smallest absolute Gasteiger partial charge is 0.158 e. The van der Waals surface area contributed by atoms with Gasteiger partial charge in [-0.15, -0.1) is 0 Å². The van der Waals surface area contributed by atoms with Gasteiger partial charge in [0.2, 0.25) is 0 Å². The molecule has 1 fully saturated rings. The Morgan fingerprint density at radius 1 is 1.30 bits per heavy atom. The van der Waals surface area contributed by atoms with E-state index in [1.54, 1.807) is 18.2 Å². The molecule has 0 radical (unpaired) electrons. The largest absolute Gasteiger partial charge is 0.297 e. The summed E-state index contributed by atoms with van der Waals surface area (Å²) in [5, 5.41) is 10.7. The normalized spacial score (nSPS) is 25.2. The van der Waals surface area contributed by atoms with Crippen molar-refractivity contribution >= 4 is 29.0 Å². The highest BCUT2D eigenvalue weighted by Gasteiger charge is 2.49. The van der Waals surface area contributed by atoms with Gasteiger partial charge < -0.3 is 0 Å². The van der Waals surface area contributed by atoms with Gasteiger partial charge in [-0.2, -0.15) is 5.26 Å². The molecule has 1 saturated carbocycles. The number of carbonyl (C=O) groups excluding carboxylic acids is 1. The Kier molecular flexibility index (Phi) is 4.14. The summed E-state index contributed by atoms with van der Waals surface area (Å²) in [6, 6.07) is 7.43. The van der Waals surface area contributed by atoms with E-state index in [2.05, 4.69) is 6.07 Å². The average molecular weight is 310 g/mol. The molecule has 20 heavy (non-hydrogen) atoms. The number of hydrogen-bond donors (Lipinski definition) is 0. The first-order valence-corrected chi connectivity index (χ1v) is 7.46. The lowest BCUT2D eigenvalue weighted by Gasteiger charge is -2.39. The molecule has 1 unspecified atom stereocenters. The molecule has 1 aliphatic rings. The molecular weight excluding hydrogens is 293 g/mol. The molecule has 2 nitrogen and oxygen atoms in total. The van der Waals surface area contributed by atoms with Crippen LogP contribution < -0.4 is 0 Å². The zero-order valence-corrected chi connectivity index (χ0v) is 13.2. The predicted octanol–water partition coefficient (Wildman–Crippen LogP) is 4.83. The molecule has 1 atom stereocenters. The van der Waals surface area contributed by atoms with Gasteiger partial charge >= 0.3 is 0 Å². The summed E-state index contributed by atoms with van der Waals surface area (Å²) in [5.74, 6) is 0.0230. The number of benzene rings is 1. The van der Waals surface area contributed by atoms with Crippen molar-refractivity contribution in [1.29, 1.82) is 5.26 Å². The van der Waals surface area contributed by atoms with Gasteiger partial charge in [-0.1, -0.05) is 43.5 Å². The van der Waals surface area contributed by atoms with Crippen LogP contribution in [0.25, 0.3) is 0 Å². The van der Waals surface area contributed by atoms with Gasteiger partial charge in [-0.25, -0.2) is 0 Å². The van der Waals surface area contributed by atoms with Crippen molar-refractivity contribution in [3.05, 3.63) is 33.8 Å². The Bertz CT molecular complexity index is 589. The molecule has 0 aliphatic heterocycles. The standard InChI is InChI=1S/C16H17Cl2NO/c1-15(2)6-3-7-16(10-19,14(15)20)9-11-8-12(17)4-5-13(11)18/h4-5,8H,3,6-7,9H2,1-2H3. The van der Waals surface area contributed by atoms with Crippen molar-refractivity contribution in [2.75, 3.05) is 0 Å². The maximum absolute atomic E-state index is 12.7. The van der Waals surface area contributed by atoms with E-state index in [9.17, 15) is 10.1 Å². The van der Waals surface area contributed by atoms with Crippen molar-refractivity contribution in [3.63, 3.8) is 0 Å². The second kappa shape index (κ2) is 5.39. The minimum Gasteiger partial charge on any atom is -0.297 e. The summed E-state index contributed by atoms with van der Waals surface area (Å²) in [4.78, 5) is 12.7. The second-order valence-electron chi connectivity index (χ2n) is 6.17. The quantitative estimate of drug-likeness (QED) is 0.785. The number of halogens is 2. The van der Waals surface area contributed by atoms with Crippen molar-refractivity contribution in [3.8, 4) is 6.07 Å². The molecule has 1 aromatic carbocycles. The lowest BCUT2D eigenvalue weighted by Crippen LogP contribution is -2.45. The maximum Gasteiger partial charge on any atom is 0.158 e. The van der Waals surface area contributed by atoms with Crippen molar-refractivity contribution in [2.24, 2.45) is 10.8 Å². The Balaban J connectivity index is 2.40. The molecule has 0 saturated heterocycles. The SMILES string of the molecule is CC1(C)CCCC(C#N)(Cc2cc(Cl)ccc2Cl)C1=O. The summed E-state index contributed by atoms with van der Waals surface area (Å²) in [6.07, 6.45) is 2.64. The van der Waals surface area contributed by atoms with Gasteiger partial charge in [0.25, 0.3) is 0 Å². The topological polar surface area (TPSA) is 40.9 Å². The molecule has 2 rings (SSSR count). The van der Waals surface area contributed by atoms with Gasteiger partial charge in [0.05, 0.1) is 6.07 Å². The minimum absolute atomic E-state index is 0.0230. The highest BCUT2D eigenvalue weighted by Crippen LogP contribution is 2.45. The highest BCUT2D eigenvalue weighted by atomic mass is 35.5. The highest BCUT2D eigenvalue weighted by molar-refractivity contribution is 6.33. The molecule has 0 bridgehead atoms. The number of hydrogen-bond acceptors (Lipinski definition) is 2. The Hall–Kier alpha value is -1.04. The molecule has 0 N–H and O–H groups in total. The molecule has 4 heteroatoms. The van der Waals surface area contributed by atoms with E-state index in [-0.39, 0.29) is 5.78 Å². The van der Waals surface area contributed by atoms with Crippen molar-refractivity contribution in [1.82, 2.24) is 0 Å². The number of carbonyl (C=O) groups is 1. The lowest BCUT2D eigenvalue weighted by atomic mass is 9.61. The van der Waals surface area contributed by atoms with E-state index in [1.807, 2.05) is 13.8 Å². The van der Waals surface area contributed by atoms with E-state index >= 15 is 0 Å². The van der Waals surface area contributed by atoms with E-state index in [0.717, 1.165) is 18.4 Å². The number of nitriles is 1. The van der Waals surface area contributed by atoms with Gasteiger partial charge in [-0.3, -0.25) is 4.79 Å². The minimum atomic E-state index is -0.976. The first-order valence-electron chi connectivity index (χ1n) is 6.71. The molecule has 1 aliphatic carbocycles. The van der Waals surface area contributed by atoms with Crippen LogP contribution in [0.5, 0.6) is 0 Å². The zero-order chi connectivity index (χ0) is 15.0. The monoisotopic (exact) mass is 309 g/mol. The summed E-state index contributed by atoms with van der Waals surface area (Å²) < 4.78 is 0. The number of nitrogens with zero attached hydrogens (tertiary/aromatic N) is 1. The summed E-state index contributed by atoms with van der Waals surface area (Å²) in [6.45, 7) is 3.83. The third-order valence-electron chi connectivity index (χ3n) is 4.17. The van der Waals surface area contributed by atoms with Crippen LogP contribution in [-0.2, 0) is 11.2 Å². The summed E-state index contributed by atoms with van der Waals surface area (Å²) >= 11 is 12.2. The van der Waals surface area contributed by atoms with Gasteiger partial charge in [0.1, 0.15) is 5.41 Å². The third-order valence-corrected chi connectivity index (χ3v) is 4.77. The maximum atomic E-state index is 12.7. The lowest BCUT2D eigenvalue weighted by molar-refractivity contribution is -0.138. The molecular formula is C16H17Cl2NO. The van der Waals surface area contributed by atoms with Gasteiger partial charge in [0, 0.05) is 15.5 Å². The number of Topliss-reactive ketones (excluding diaryl/α,β-unsaturated/α-hetero) is 1. The Labute approximate surface area is 129 Å². The number of ketones is 1. The zero-order valence-electron chi connectivity index (χ0n) is 11.7. The van der Waals surface area contributed by atoms with Crippen LogP contribution >= 0.6 is 23.2 Å². The predicted molar refractivity (Wildman–Crippen MR) is 80.9 cm³/mol. The molecule has 106 valence electrons. The van der Waals surface area contributed by atoms with Crippen molar-refractivity contribution < 1.29 is 4.79 Å². The Morgan fingerprint density at radius 3 is 2.65 bits per heavy atom. The molecule has 0 spiro atoms. The fourth-order valence-corrected chi connectivity index (χ4v) is 3.40. The first kappa shape index (κ1) is 15.4. The third kappa shape index (κ3) is 2.71. The van der Waals surface area contributed by atoms with Crippen LogP contribution in [0, 0.1) is 22.2 Å². The number of rotatable bonds is 2. The van der Waals surface area contributed by atoms with Gasteiger partial charge in [-0.05, 0) is 43.0 Å². The van der Waals surface area contributed by atoms with Crippen LogP contribution in [-0.4, -0.2) is 5.78 Å². The summed E-state index contributed by atoms with van der Waals surface area (Å²) in [7, 11) is 0. The summed E-state index contributed by atoms with van der Waals surface area (Å²) in [5.41, 5.74) is -0.651. The van der Waals surface area contributed by atoms with Crippen LogP contribution in [0.15, 0.2) is 18.2 Å². The van der Waals surface area contributed by atoms with Crippen molar-refractivity contribution in [2.45, 2.75) is 39.5 Å². The average Bonchev–Trinajstić information content (AvgIpc) is 2.39. The van der Waals surface area contributed by atoms with Crippen LogP contribution in [0.1, 0.15) is 38.7 Å². The van der Waals surface area contributed by atoms with E-state index < -0.39 is 10.8 Å². The van der Waals surface area contributed by atoms with E-state index in [4.69, 9.17) is 23.2 Å².